The number of carbonyl (C=O) groups is 2. The summed E-state index contributed by atoms with van der Waals surface area (Å²) in [6, 6.07) is 7.58. The fraction of sp³-hybridized carbons (Fsp3) is 0.300. The molecule has 0 radical (unpaired) electrons. The largest absolute Gasteiger partial charge is 0.408 e. The normalized spacial score (nSPS) is 19.7. The third-order valence-electron chi connectivity index (χ3n) is 4.78. The summed E-state index contributed by atoms with van der Waals surface area (Å²) in [7, 11) is 0. The fourth-order valence-electron chi connectivity index (χ4n) is 3.22. The van der Waals surface area contributed by atoms with Crippen molar-refractivity contribution in [1.82, 2.24) is 10.6 Å². The van der Waals surface area contributed by atoms with E-state index >= 15 is 0 Å². The molecule has 1 aliphatic heterocycles. The van der Waals surface area contributed by atoms with E-state index < -0.39 is 54.0 Å². The summed E-state index contributed by atoms with van der Waals surface area (Å²) in [6.07, 6.45) is -5.26. The molecule has 1 heterocycles. The number of nitrogens with one attached hydrogen (secondary N) is 2. The van der Waals surface area contributed by atoms with Crippen LogP contribution in [0.1, 0.15) is 30.0 Å². The quantitative estimate of drug-likeness (QED) is 0.595. The highest BCUT2D eigenvalue weighted by Crippen LogP contribution is 2.29. The zero-order valence-corrected chi connectivity index (χ0v) is 15.0. The van der Waals surface area contributed by atoms with Crippen molar-refractivity contribution in [2.24, 2.45) is 5.92 Å². The first-order valence-corrected chi connectivity index (χ1v) is 8.83. The smallest absolute Gasteiger partial charge is 0.344 e. The van der Waals surface area contributed by atoms with E-state index in [1.165, 1.54) is 48.5 Å². The van der Waals surface area contributed by atoms with Gasteiger partial charge in [-0.2, -0.15) is 13.2 Å². The number of carbonyl (C=O) groups excluding carboxylic acids is 2. The number of hydrogen-bond donors (Lipinski definition) is 2. The van der Waals surface area contributed by atoms with Gasteiger partial charge in [-0.25, -0.2) is 8.78 Å². The van der Waals surface area contributed by atoms with E-state index in [2.05, 4.69) is 5.32 Å². The molecule has 0 spiro atoms. The van der Waals surface area contributed by atoms with Gasteiger partial charge in [-0.3, -0.25) is 9.59 Å². The van der Waals surface area contributed by atoms with Crippen LogP contribution in [-0.2, 0) is 9.59 Å². The van der Waals surface area contributed by atoms with E-state index in [0.29, 0.717) is 11.1 Å². The highest BCUT2D eigenvalue weighted by molar-refractivity contribution is 6.01. The van der Waals surface area contributed by atoms with Gasteiger partial charge in [0.2, 0.25) is 11.8 Å². The van der Waals surface area contributed by atoms with Crippen molar-refractivity contribution in [3.8, 4) is 0 Å². The SMILES string of the molecule is O=C(NC(c1ccc(F)cc1)c1ccc(F)cc1)C1CCC(C(F)(F)F)NC1=O. The van der Waals surface area contributed by atoms with Gasteiger partial charge in [-0.05, 0) is 48.2 Å². The Labute approximate surface area is 163 Å². The fourth-order valence-corrected chi connectivity index (χ4v) is 3.22. The average Bonchev–Trinajstić information content (AvgIpc) is 2.67. The third-order valence-corrected chi connectivity index (χ3v) is 4.78. The van der Waals surface area contributed by atoms with Gasteiger partial charge in [-0.1, -0.05) is 24.3 Å². The van der Waals surface area contributed by atoms with Crippen molar-refractivity contribution >= 4 is 11.8 Å². The van der Waals surface area contributed by atoms with Crippen molar-refractivity contribution < 1.29 is 31.5 Å². The number of halogens is 5. The number of hydrogen-bond acceptors (Lipinski definition) is 2. The second-order valence-electron chi connectivity index (χ2n) is 6.78. The van der Waals surface area contributed by atoms with Crippen molar-refractivity contribution in [2.45, 2.75) is 31.1 Å². The molecule has 9 heteroatoms. The van der Waals surface area contributed by atoms with E-state index in [1.54, 1.807) is 0 Å². The molecule has 2 aromatic rings. The Kier molecular flexibility index (Phi) is 5.86. The van der Waals surface area contributed by atoms with Gasteiger partial charge in [0.05, 0.1) is 6.04 Å². The second kappa shape index (κ2) is 8.18. The Bertz CT molecular complexity index is 836. The number of amides is 2. The summed E-state index contributed by atoms with van der Waals surface area (Å²) in [5, 5.41) is 4.45. The molecule has 2 amide bonds. The summed E-state index contributed by atoms with van der Waals surface area (Å²) < 4.78 is 64.9. The van der Waals surface area contributed by atoms with Gasteiger partial charge in [-0.15, -0.1) is 0 Å². The maximum absolute atomic E-state index is 13.3. The molecule has 0 aromatic heterocycles. The van der Waals surface area contributed by atoms with Gasteiger partial charge < -0.3 is 10.6 Å². The van der Waals surface area contributed by atoms with Crippen molar-refractivity contribution in [2.75, 3.05) is 0 Å². The van der Waals surface area contributed by atoms with E-state index in [-0.39, 0.29) is 6.42 Å². The predicted molar refractivity (Wildman–Crippen MR) is 93.5 cm³/mol. The van der Waals surface area contributed by atoms with Crippen LogP contribution < -0.4 is 10.6 Å². The predicted octanol–water partition coefficient (Wildman–Crippen LogP) is 3.63. The highest BCUT2D eigenvalue weighted by atomic mass is 19.4. The average molecular weight is 412 g/mol. The second-order valence-corrected chi connectivity index (χ2v) is 6.78. The standard InChI is InChI=1S/C20H17F5N2O2/c21-13-5-1-11(2-6-13)17(12-3-7-14(22)8-4-12)27-19(29)15-9-10-16(20(23,24)25)26-18(15)28/h1-8,15-17H,9-10H2,(H,26,28)(H,27,29). The van der Waals surface area contributed by atoms with Crippen LogP contribution in [0.5, 0.6) is 0 Å². The van der Waals surface area contributed by atoms with E-state index in [4.69, 9.17) is 0 Å². The first-order valence-electron chi connectivity index (χ1n) is 8.83. The van der Waals surface area contributed by atoms with Crippen LogP contribution in [0.3, 0.4) is 0 Å². The Morgan fingerprint density at radius 1 is 0.931 bits per heavy atom. The van der Waals surface area contributed by atoms with Gasteiger partial charge in [0, 0.05) is 0 Å². The van der Waals surface area contributed by atoms with Crippen LogP contribution in [-0.4, -0.2) is 24.0 Å². The lowest BCUT2D eigenvalue weighted by molar-refractivity contribution is -0.171. The molecule has 1 fully saturated rings. The first kappa shape index (κ1) is 20.8. The molecule has 2 unspecified atom stereocenters. The molecule has 29 heavy (non-hydrogen) atoms. The lowest BCUT2D eigenvalue weighted by atomic mass is 9.91. The summed E-state index contributed by atoms with van der Waals surface area (Å²) in [5.41, 5.74) is 0.937. The molecule has 0 aliphatic carbocycles. The molecule has 3 rings (SSSR count). The molecule has 2 N–H and O–H groups in total. The lowest BCUT2D eigenvalue weighted by Gasteiger charge is -2.31. The van der Waals surface area contributed by atoms with Gasteiger partial charge in [0.1, 0.15) is 23.6 Å². The van der Waals surface area contributed by atoms with Gasteiger partial charge in [0.25, 0.3) is 0 Å². The Balaban J connectivity index is 1.80. The summed E-state index contributed by atoms with van der Waals surface area (Å²) >= 11 is 0. The van der Waals surface area contributed by atoms with Crippen LogP contribution in [0.25, 0.3) is 0 Å². The minimum Gasteiger partial charge on any atom is -0.344 e. The molecule has 4 nitrogen and oxygen atoms in total. The maximum atomic E-state index is 13.3. The van der Waals surface area contributed by atoms with Crippen LogP contribution in [0, 0.1) is 17.6 Å². The van der Waals surface area contributed by atoms with Crippen molar-refractivity contribution in [3.63, 3.8) is 0 Å². The van der Waals surface area contributed by atoms with Crippen LogP contribution in [0.4, 0.5) is 22.0 Å². The van der Waals surface area contributed by atoms with Crippen molar-refractivity contribution in [3.05, 3.63) is 71.3 Å². The molecule has 1 saturated heterocycles. The third kappa shape index (κ3) is 4.90. The Morgan fingerprint density at radius 3 is 1.83 bits per heavy atom. The van der Waals surface area contributed by atoms with Crippen LogP contribution >= 0.6 is 0 Å². The maximum Gasteiger partial charge on any atom is 0.408 e. The highest BCUT2D eigenvalue weighted by Gasteiger charge is 2.46. The Morgan fingerprint density at radius 2 is 1.41 bits per heavy atom. The van der Waals surface area contributed by atoms with Crippen molar-refractivity contribution in [1.29, 1.82) is 0 Å². The summed E-state index contributed by atoms with van der Waals surface area (Å²) in [5.74, 6) is -4.06. The number of piperidine rings is 1. The zero-order chi connectivity index (χ0) is 21.2. The summed E-state index contributed by atoms with van der Waals surface area (Å²) in [4.78, 5) is 24.7. The minimum absolute atomic E-state index is 0.263. The molecule has 2 aromatic carbocycles. The van der Waals surface area contributed by atoms with E-state index in [9.17, 15) is 31.5 Å². The zero-order valence-electron chi connectivity index (χ0n) is 15.0. The molecule has 2 atom stereocenters. The van der Waals surface area contributed by atoms with Gasteiger partial charge >= 0.3 is 6.18 Å². The summed E-state index contributed by atoms with van der Waals surface area (Å²) in [6.45, 7) is 0. The molecular formula is C20H17F5N2O2. The van der Waals surface area contributed by atoms with E-state index in [1.807, 2.05) is 5.32 Å². The molecule has 1 aliphatic rings. The number of rotatable bonds is 4. The molecule has 154 valence electrons. The van der Waals surface area contributed by atoms with E-state index in [0.717, 1.165) is 0 Å². The van der Waals surface area contributed by atoms with Crippen LogP contribution in [0.2, 0.25) is 0 Å². The molecule has 0 bridgehead atoms. The topological polar surface area (TPSA) is 58.2 Å². The monoisotopic (exact) mass is 412 g/mol. The molecular weight excluding hydrogens is 395 g/mol. The molecule has 0 saturated carbocycles. The Hall–Kier alpha value is -2.97. The lowest BCUT2D eigenvalue weighted by Crippen LogP contribution is -2.54. The van der Waals surface area contributed by atoms with Crippen LogP contribution in [0.15, 0.2) is 48.5 Å². The number of benzene rings is 2. The van der Waals surface area contributed by atoms with Gasteiger partial charge in [0.15, 0.2) is 0 Å². The first-order chi connectivity index (χ1) is 13.6. The minimum atomic E-state index is -4.58. The number of alkyl halides is 3.